The average Bonchev–Trinajstić information content (AvgIpc) is 3.34. The minimum atomic E-state index is -4.40. The van der Waals surface area contributed by atoms with Gasteiger partial charge in [-0.05, 0) is 96.3 Å². The molecule has 0 heterocycles. The second-order valence-corrected chi connectivity index (χ2v) is 20.7. The fourth-order valence-corrected chi connectivity index (χ4v) is 7.64. The summed E-state index contributed by atoms with van der Waals surface area (Å²) in [5, 5.41) is 0. The number of nitrogens with zero attached hydrogens (tertiary/aromatic N) is 1. The summed E-state index contributed by atoms with van der Waals surface area (Å²) in [4.78, 5) is 35.5. The van der Waals surface area contributed by atoms with E-state index in [9.17, 15) is 19.0 Å². The SMILES string of the molecule is CC/C=C\C/C=C\C/C=C\C/C=C\C/C=C\C/C=C\C/C=C\C/C=C\C/C=C\C/C=C\C/C=C\CCCCCC(=O)OC(COC(=O)CCCCCCCCCCCCC)COP(=O)(O)OCC[N+](C)(C)C. The fourth-order valence-electron chi connectivity index (χ4n) is 6.90. The van der Waals surface area contributed by atoms with Crippen molar-refractivity contribution in [1.29, 1.82) is 0 Å². The third-order valence-electron chi connectivity index (χ3n) is 11.2. The van der Waals surface area contributed by atoms with Gasteiger partial charge >= 0.3 is 19.8 Å². The van der Waals surface area contributed by atoms with E-state index in [1.807, 2.05) is 21.1 Å². The van der Waals surface area contributed by atoms with E-state index in [2.05, 4.69) is 148 Å². The molecular formula is C62H103NO8P+. The molecule has 10 heteroatoms. The Balaban J connectivity index is 4.22. The van der Waals surface area contributed by atoms with Crippen LogP contribution in [0.15, 0.2) is 134 Å². The molecular weight excluding hydrogens is 918 g/mol. The first-order chi connectivity index (χ1) is 35.0. The Labute approximate surface area is 441 Å². The summed E-state index contributed by atoms with van der Waals surface area (Å²) < 4.78 is 34.4. The minimum Gasteiger partial charge on any atom is -0.462 e. The molecule has 0 bridgehead atoms. The third-order valence-corrected chi connectivity index (χ3v) is 12.2. The van der Waals surface area contributed by atoms with Crippen molar-refractivity contribution in [3.63, 3.8) is 0 Å². The average molecular weight is 1020 g/mol. The van der Waals surface area contributed by atoms with Crippen LogP contribution in [0.4, 0.5) is 0 Å². The molecule has 0 saturated carbocycles. The van der Waals surface area contributed by atoms with Crippen molar-refractivity contribution in [2.75, 3.05) is 47.5 Å². The minimum absolute atomic E-state index is 0.0188. The number of hydrogen-bond donors (Lipinski definition) is 1. The van der Waals surface area contributed by atoms with Crippen molar-refractivity contribution in [3.8, 4) is 0 Å². The molecule has 0 aliphatic heterocycles. The lowest BCUT2D eigenvalue weighted by Gasteiger charge is -2.24. The summed E-state index contributed by atoms with van der Waals surface area (Å²) in [7, 11) is 1.44. The zero-order valence-corrected chi connectivity index (χ0v) is 47.0. The molecule has 0 saturated heterocycles. The van der Waals surface area contributed by atoms with Gasteiger partial charge in [-0.3, -0.25) is 18.6 Å². The van der Waals surface area contributed by atoms with Gasteiger partial charge in [-0.1, -0.05) is 218 Å². The summed E-state index contributed by atoms with van der Waals surface area (Å²) in [6.45, 7) is 4.24. The van der Waals surface area contributed by atoms with Crippen LogP contribution in [0, 0.1) is 0 Å². The van der Waals surface area contributed by atoms with Gasteiger partial charge < -0.3 is 18.9 Å². The van der Waals surface area contributed by atoms with Crippen molar-refractivity contribution in [3.05, 3.63) is 134 Å². The van der Waals surface area contributed by atoms with E-state index in [1.165, 1.54) is 51.4 Å². The molecule has 0 spiro atoms. The molecule has 2 unspecified atom stereocenters. The van der Waals surface area contributed by atoms with Crippen molar-refractivity contribution in [2.24, 2.45) is 0 Å². The molecule has 0 rings (SSSR count). The number of likely N-dealkylation sites (N-methyl/N-ethyl adjacent to an activating group) is 1. The van der Waals surface area contributed by atoms with Crippen LogP contribution in [-0.4, -0.2) is 74.9 Å². The van der Waals surface area contributed by atoms with Gasteiger partial charge in [0.25, 0.3) is 0 Å². The van der Waals surface area contributed by atoms with Crippen LogP contribution in [0.25, 0.3) is 0 Å². The topological polar surface area (TPSA) is 108 Å². The van der Waals surface area contributed by atoms with Crippen LogP contribution in [0.5, 0.6) is 0 Å². The Hall–Kier alpha value is -3.85. The first-order valence-electron chi connectivity index (χ1n) is 27.9. The van der Waals surface area contributed by atoms with Crippen LogP contribution >= 0.6 is 7.82 Å². The van der Waals surface area contributed by atoms with Crippen molar-refractivity contribution in [2.45, 2.75) is 200 Å². The third kappa shape index (κ3) is 55.5. The van der Waals surface area contributed by atoms with Crippen molar-refractivity contribution >= 4 is 19.8 Å². The van der Waals surface area contributed by atoms with Crippen LogP contribution in [-0.2, 0) is 32.7 Å². The summed E-state index contributed by atoms with van der Waals surface area (Å²) >= 11 is 0. The number of carbonyl (C=O) groups excluding carboxylic acids is 2. The lowest BCUT2D eigenvalue weighted by atomic mass is 10.1. The maximum atomic E-state index is 12.8. The Morgan fingerprint density at radius 1 is 0.444 bits per heavy atom. The van der Waals surface area contributed by atoms with Crippen LogP contribution < -0.4 is 0 Å². The van der Waals surface area contributed by atoms with Gasteiger partial charge in [-0.25, -0.2) is 4.57 Å². The maximum Gasteiger partial charge on any atom is 0.472 e. The molecule has 0 aliphatic rings. The molecule has 1 N–H and O–H groups in total. The standard InChI is InChI=1S/C62H102NO8P/c1-6-8-10-12-14-16-18-19-20-21-22-23-24-25-26-27-28-29-30-31-32-33-34-35-36-37-38-39-40-41-42-43-45-47-49-51-53-55-62(65)71-60(59-70-72(66,67)69-57-56-63(3,4)5)58-68-61(64)54-52-50-48-46-44-17-15-13-11-9-7-2/h8,10,14,16,19-20,22-23,25-26,28-29,31-32,34-35,37-38,40-41,43,45,60H,6-7,9,11-13,15,17-18,21,24,27,30,33,36,39,42,44,46-59H2,1-5H3/p+1/b10-8-,16-14-,20-19-,23-22-,26-25-,29-28-,32-31-,35-34-,38-37-,41-40-,45-43-. The van der Waals surface area contributed by atoms with E-state index in [4.69, 9.17) is 18.5 Å². The Morgan fingerprint density at radius 2 is 0.792 bits per heavy atom. The number of unbranched alkanes of at least 4 members (excludes halogenated alkanes) is 13. The molecule has 2 atom stereocenters. The molecule has 72 heavy (non-hydrogen) atoms. The second kappa shape index (κ2) is 52.0. The predicted molar refractivity (Wildman–Crippen MR) is 307 cm³/mol. The number of esters is 2. The van der Waals surface area contributed by atoms with E-state index in [0.29, 0.717) is 17.4 Å². The largest absolute Gasteiger partial charge is 0.472 e. The quantitative estimate of drug-likeness (QED) is 0.0211. The number of allylic oxidation sites excluding steroid dienone is 22. The highest BCUT2D eigenvalue weighted by Gasteiger charge is 2.27. The summed E-state index contributed by atoms with van der Waals surface area (Å²) in [6.07, 6.45) is 75.3. The van der Waals surface area contributed by atoms with Gasteiger partial charge in [0.15, 0.2) is 6.10 Å². The molecule has 0 aromatic carbocycles. The van der Waals surface area contributed by atoms with Gasteiger partial charge in [0.2, 0.25) is 0 Å². The zero-order chi connectivity index (χ0) is 52.7. The molecule has 0 radical (unpaired) electrons. The van der Waals surface area contributed by atoms with Gasteiger partial charge in [0, 0.05) is 12.8 Å². The number of carbonyl (C=O) groups is 2. The number of phosphoric ester groups is 1. The summed E-state index contributed by atoms with van der Waals surface area (Å²) in [5.41, 5.74) is 0. The fraction of sp³-hybridized carbons (Fsp3) is 0.613. The highest BCUT2D eigenvalue weighted by molar-refractivity contribution is 7.47. The molecule has 0 amide bonds. The van der Waals surface area contributed by atoms with Crippen molar-refractivity contribution < 1.29 is 42.1 Å². The number of quaternary nitrogens is 1. The number of phosphoric acid groups is 1. The first-order valence-corrected chi connectivity index (χ1v) is 29.4. The zero-order valence-electron chi connectivity index (χ0n) is 46.1. The first kappa shape index (κ1) is 68.2. The monoisotopic (exact) mass is 1020 g/mol. The summed E-state index contributed by atoms with van der Waals surface area (Å²) in [5.74, 6) is -0.846. The van der Waals surface area contributed by atoms with Crippen molar-refractivity contribution in [1.82, 2.24) is 0 Å². The molecule has 408 valence electrons. The van der Waals surface area contributed by atoms with Crippen LogP contribution in [0.1, 0.15) is 194 Å². The van der Waals surface area contributed by atoms with Crippen LogP contribution in [0.3, 0.4) is 0 Å². The molecule has 0 fully saturated rings. The summed E-state index contributed by atoms with van der Waals surface area (Å²) in [6, 6.07) is 0. The Morgan fingerprint density at radius 3 is 1.18 bits per heavy atom. The van der Waals surface area contributed by atoms with E-state index in [1.54, 1.807) is 0 Å². The van der Waals surface area contributed by atoms with Gasteiger partial charge in [0.05, 0.1) is 27.7 Å². The van der Waals surface area contributed by atoms with E-state index >= 15 is 0 Å². The number of hydrogen-bond acceptors (Lipinski definition) is 7. The molecule has 0 aliphatic carbocycles. The van der Waals surface area contributed by atoms with E-state index in [0.717, 1.165) is 109 Å². The maximum absolute atomic E-state index is 12.8. The lowest BCUT2D eigenvalue weighted by molar-refractivity contribution is -0.870. The van der Waals surface area contributed by atoms with Gasteiger partial charge in [-0.2, -0.15) is 0 Å². The second-order valence-electron chi connectivity index (χ2n) is 19.2. The van der Waals surface area contributed by atoms with Gasteiger partial charge in [0.1, 0.15) is 19.8 Å². The molecule has 9 nitrogen and oxygen atoms in total. The highest BCUT2D eigenvalue weighted by Crippen LogP contribution is 2.43. The highest BCUT2D eigenvalue weighted by atomic mass is 31.2. The lowest BCUT2D eigenvalue weighted by Crippen LogP contribution is -2.37. The van der Waals surface area contributed by atoms with Gasteiger partial charge in [-0.15, -0.1) is 0 Å². The normalized spacial score (nSPS) is 14.4. The molecule has 0 aromatic rings. The molecule has 0 aromatic heterocycles. The van der Waals surface area contributed by atoms with E-state index < -0.39 is 26.5 Å². The Kier molecular flexibility index (Phi) is 49.2. The number of rotatable bonds is 49. The predicted octanol–water partition coefficient (Wildman–Crippen LogP) is 17.4. The number of ether oxygens (including phenoxy) is 2. The Bertz CT molecular complexity index is 1670. The van der Waals surface area contributed by atoms with E-state index in [-0.39, 0.29) is 32.0 Å². The smallest absolute Gasteiger partial charge is 0.462 e. The van der Waals surface area contributed by atoms with Crippen LogP contribution in [0.2, 0.25) is 0 Å².